The lowest BCUT2D eigenvalue weighted by molar-refractivity contribution is -0.124. The molecule has 3 aromatic rings. The first-order valence-corrected chi connectivity index (χ1v) is 12.5. The van der Waals surface area contributed by atoms with Gasteiger partial charge in [-0.05, 0) is 59.9 Å². The molecule has 1 atom stereocenters. The Labute approximate surface area is 217 Å². The zero-order chi connectivity index (χ0) is 26.2. The van der Waals surface area contributed by atoms with Crippen LogP contribution in [0.5, 0.6) is 5.75 Å². The Morgan fingerprint density at radius 1 is 1.14 bits per heavy atom. The van der Waals surface area contributed by atoms with Crippen molar-refractivity contribution in [1.82, 2.24) is 4.98 Å². The third-order valence-corrected chi connectivity index (χ3v) is 7.37. The summed E-state index contributed by atoms with van der Waals surface area (Å²) in [7, 11) is 1.64. The summed E-state index contributed by atoms with van der Waals surface area (Å²) in [5.41, 5.74) is 5.38. The molecule has 2 amide bonds. The van der Waals surface area contributed by atoms with E-state index in [9.17, 15) is 14.9 Å². The van der Waals surface area contributed by atoms with Crippen molar-refractivity contribution in [3.63, 3.8) is 0 Å². The van der Waals surface area contributed by atoms with Crippen molar-refractivity contribution in [1.29, 1.82) is 5.26 Å². The van der Waals surface area contributed by atoms with Crippen molar-refractivity contribution in [2.24, 2.45) is 5.92 Å². The highest BCUT2D eigenvalue weighted by atomic mass is 16.5. The van der Waals surface area contributed by atoms with Gasteiger partial charge in [0.25, 0.3) is 0 Å². The number of ether oxygens (including phenoxy) is 1. The van der Waals surface area contributed by atoms with E-state index in [1.165, 1.54) is 5.56 Å². The average Bonchev–Trinajstić information content (AvgIpc) is 3.43. The molecule has 7 heteroatoms. The van der Waals surface area contributed by atoms with E-state index >= 15 is 0 Å². The molecule has 2 aliphatic rings. The van der Waals surface area contributed by atoms with Gasteiger partial charge >= 0.3 is 0 Å². The van der Waals surface area contributed by atoms with Gasteiger partial charge in [0.2, 0.25) is 11.8 Å². The number of nitrogens with zero attached hydrogens (tertiary/aromatic N) is 4. The number of pyridine rings is 1. The van der Waals surface area contributed by atoms with E-state index in [4.69, 9.17) is 4.74 Å². The molecule has 1 saturated heterocycles. The predicted molar refractivity (Wildman–Crippen MR) is 142 cm³/mol. The number of rotatable bonds is 6. The molecule has 0 bridgehead atoms. The SMILES string of the molecule is COc1cncc(CCc2ccc3c(c2)C(C)(C)CN3C(=O)[C@H]2CC(=O)N(c3cccc(C#N)c3)C2)c1. The summed E-state index contributed by atoms with van der Waals surface area (Å²) in [5, 5.41) is 9.21. The van der Waals surface area contributed by atoms with Crippen LogP contribution in [0.25, 0.3) is 0 Å². The summed E-state index contributed by atoms with van der Waals surface area (Å²) in [5.74, 6) is 0.229. The summed E-state index contributed by atoms with van der Waals surface area (Å²) in [6.07, 6.45) is 5.45. The van der Waals surface area contributed by atoms with Crippen LogP contribution >= 0.6 is 0 Å². The Morgan fingerprint density at radius 3 is 2.73 bits per heavy atom. The first-order valence-electron chi connectivity index (χ1n) is 12.5. The van der Waals surface area contributed by atoms with Crippen LogP contribution in [0, 0.1) is 17.2 Å². The van der Waals surface area contributed by atoms with Gasteiger partial charge < -0.3 is 14.5 Å². The summed E-state index contributed by atoms with van der Waals surface area (Å²) >= 11 is 0. The van der Waals surface area contributed by atoms with E-state index in [-0.39, 0.29) is 23.7 Å². The maximum absolute atomic E-state index is 13.7. The molecule has 0 aliphatic carbocycles. The average molecular weight is 495 g/mol. The van der Waals surface area contributed by atoms with Crippen LogP contribution in [-0.2, 0) is 27.8 Å². The number of amides is 2. The molecule has 7 nitrogen and oxygen atoms in total. The maximum atomic E-state index is 13.7. The Morgan fingerprint density at radius 2 is 1.95 bits per heavy atom. The van der Waals surface area contributed by atoms with Crippen molar-refractivity contribution in [2.45, 2.75) is 38.5 Å². The summed E-state index contributed by atoms with van der Waals surface area (Å²) in [6.45, 7) is 5.23. The fraction of sp³-hybridized carbons (Fsp3) is 0.333. The smallest absolute Gasteiger partial charge is 0.232 e. The number of carbonyl (C=O) groups is 2. The van der Waals surface area contributed by atoms with Crippen molar-refractivity contribution in [3.05, 3.63) is 83.2 Å². The van der Waals surface area contributed by atoms with Crippen LogP contribution in [0.3, 0.4) is 0 Å². The molecule has 188 valence electrons. The van der Waals surface area contributed by atoms with Crippen molar-refractivity contribution < 1.29 is 14.3 Å². The molecule has 2 aliphatic heterocycles. The molecule has 0 spiro atoms. The first kappa shape index (κ1) is 24.5. The van der Waals surface area contributed by atoms with Crippen LogP contribution in [0.1, 0.15) is 42.5 Å². The number of nitriles is 1. The standard InChI is InChI=1S/C30H30N4O3/c1-30(2)19-34(29(36)23-14-28(35)33(18-23)24-6-4-5-21(11-24)15-31)27-10-9-20(13-26(27)30)7-8-22-12-25(37-3)17-32-16-22/h4-6,9-13,16-17,23H,7-8,14,18-19H2,1-3H3/t23-/m0/s1. The maximum Gasteiger partial charge on any atom is 0.232 e. The van der Waals surface area contributed by atoms with Crippen LogP contribution in [-0.4, -0.2) is 37.0 Å². The number of aryl methyl sites for hydroxylation is 2. The number of fused-ring (bicyclic) bond motifs is 1. The molecule has 5 rings (SSSR count). The minimum Gasteiger partial charge on any atom is -0.495 e. The van der Waals surface area contributed by atoms with Gasteiger partial charge in [0.05, 0.1) is 30.9 Å². The second-order valence-corrected chi connectivity index (χ2v) is 10.5. The quantitative estimate of drug-likeness (QED) is 0.506. The normalized spacial score (nSPS) is 18.0. The second kappa shape index (κ2) is 9.70. The number of hydrogen-bond donors (Lipinski definition) is 0. The fourth-order valence-corrected chi connectivity index (χ4v) is 5.37. The number of methoxy groups -OCH3 is 1. The summed E-state index contributed by atoms with van der Waals surface area (Å²) in [6, 6.07) is 17.4. The monoisotopic (exact) mass is 494 g/mol. The van der Waals surface area contributed by atoms with Crippen LogP contribution < -0.4 is 14.5 Å². The van der Waals surface area contributed by atoms with E-state index in [1.54, 1.807) is 36.4 Å². The molecule has 0 N–H and O–H groups in total. The lowest BCUT2D eigenvalue weighted by atomic mass is 9.85. The first-order chi connectivity index (χ1) is 17.8. The van der Waals surface area contributed by atoms with Crippen LogP contribution in [0.15, 0.2) is 60.9 Å². The highest BCUT2D eigenvalue weighted by Crippen LogP contribution is 2.42. The van der Waals surface area contributed by atoms with Crippen molar-refractivity contribution in [2.75, 3.05) is 30.0 Å². The Hall–Kier alpha value is -4.18. The van der Waals surface area contributed by atoms with E-state index in [0.29, 0.717) is 24.3 Å². The molecule has 0 radical (unpaired) electrons. The van der Waals surface area contributed by atoms with Gasteiger partial charge in [0, 0.05) is 42.5 Å². The minimum atomic E-state index is -0.416. The van der Waals surface area contributed by atoms with Gasteiger partial charge in [-0.1, -0.05) is 32.0 Å². The predicted octanol–water partition coefficient (Wildman–Crippen LogP) is 4.42. The summed E-state index contributed by atoms with van der Waals surface area (Å²) in [4.78, 5) is 34.2. The molecular formula is C30H30N4O3. The summed E-state index contributed by atoms with van der Waals surface area (Å²) < 4.78 is 5.28. The molecule has 3 heterocycles. The molecule has 0 saturated carbocycles. The van der Waals surface area contributed by atoms with Gasteiger partial charge in [-0.3, -0.25) is 14.6 Å². The number of hydrogen-bond acceptors (Lipinski definition) is 5. The second-order valence-electron chi connectivity index (χ2n) is 10.5. The van der Waals surface area contributed by atoms with E-state index in [1.807, 2.05) is 29.3 Å². The lowest BCUT2D eigenvalue weighted by Gasteiger charge is -2.23. The molecule has 2 aromatic carbocycles. The van der Waals surface area contributed by atoms with Gasteiger partial charge in [-0.2, -0.15) is 5.26 Å². The molecule has 0 unspecified atom stereocenters. The third-order valence-electron chi connectivity index (χ3n) is 7.37. The topological polar surface area (TPSA) is 86.5 Å². The van der Waals surface area contributed by atoms with Gasteiger partial charge in [0.1, 0.15) is 5.75 Å². The Balaban J connectivity index is 1.32. The van der Waals surface area contributed by atoms with Crippen LogP contribution in [0.2, 0.25) is 0 Å². The molecule has 1 aromatic heterocycles. The lowest BCUT2D eigenvalue weighted by Crippen LogP contribution is -2.39. The largest absolute Gasteiger partial charge is 0.495 e. The van der Waals surface area contributed by atoms with E-state index in [0.717, 1.165) is 35.4 Å². The number of benzene rings is 2. The molecular weight excluding hydrogens is 464 g/mol. The third kappa shape index (κ3) is 4.79. The molecule has 1 fully saturated rings. The van der Waals surface area contributed by atoms with Gasteiger partial charge in [-0.25, -0.2) is 0 Å². The van der Waals surface area contributed by atoms with Crippen LogP contribution in [0.4, 0.5) is 11.4 Å². The highest BCUT2D eigenvalue weighted by Gasteiger charge is 2.43. The number of anilines is 2. The Bertz CT molecular complexity index is 1410. The van der Waals surface area contributed by atoms with E-state index < -0.39 is 5.92 Å². The van der Waals surface area contributed by atoms with Gasteiger partial charge in [0.15, 0.2) is 0 Å². The zero-order valence-corrected chi connectivity index (χ0v) is 21.4. The Kier molecular flexibility index (Phi) is 6.43. The highest BCUT2D eigenvalue weighted by molar-refractivity contribution is 6.05. The minimum absolute atomic E-state index is 0.0192. The number of carbonyl (C=O) groups excluding carboxylic acids is 2. The number of aromatic nitrogens is 1. The van der Waals surface area contributed by atoms with Crippen molar-refractivity contribution in [3.8, 4) is 11.8 Å². The van der Waals surface area contributed by atoms with Gasteiger partial charge in [-0.15, -0.1) is 0 Å². The molecule has 37 heavy (non-hydrogen) atoms. The van der Waals surface area contributed by atoms with E-state index in [2.05, 4.69) is 37.0 Å². The zero-order valence-electron chi connectivity index (χ0n) is 21.4. The van der Waals surface area contributed by atoms with Crippen molar-refractivity contribution >= 4 is 23.2 Å². The fourth-order valence-electron chi connectivity index (χ4n) is 5.37.